The topological polar surface area (TPSA) is 139 Å². The lowest BCUT2D eigenvalue weighted by atomic mass is 9.80. The molecule has 0 aliphatic carbocycles. The Morgan fingerprint density at radius 1 is 1.03 bits per heavy atom. The third-order valence-electron chi connectivity index (χ3n) is 6.46. The second-order valence-corrected chi connectivity index (χ2v) is 15.1. The van der Waals surface area contributed by atoms with E-state index in [0.29, 0.717) is 18.6 Å². The van der Waals surface area contributed by atoms with Crippen molar-refractivity contribution in [2.45, 2.75) is 105 Å². The van der Waals surface area contributed by atoms with Gasteiger partial charge in [0.25, 0.3) is 0 Å². The SMILES string of the molecule is CC(C[C@H](O)[C@H](C[C@H](Cc1ccc(C(C)(C)C)c(OCS(C)(=O)=O)c1)C(C)C)NC(=O)OC(C)(C)C)C(=O)O. The molecule has 1 rings (SSSR count). The van der Waals surface area contributed by atoms with Crippen LogP contribution in [0.1, 0.15) is 86.3 Å². The first kappa shape index (κ1) is 34.7. The standard InChI is InChI=1S/C29H49NO8S/c1-18(2)21(14-20-11-12-22(28(4,5)6)25(15-20)37-17-39(10,35)36)16-23(24(31)13-19(3)26(32)33)30-27(34)38-29(7,8)9/h11-12,15,18-19,21,23-24,31H,13-14,16-17H2,1-10H3,(H,30,34)(H,32,33)/t19?,21-,23-,24-/m0/s1. The number of aliphatic carboxylic acids is 1. The molecule has 10 heteroatoms. The van der Waals surface area contributed by atoms with Crippen LogP contribution < -0.4 is 10.1 Å². The number of benzene rings is 1. The number of amides is 1. The van der Waals surface area contributed by atoms with Gasteiger partial charge in [-0.1, -0.05) is 53.7 Å². The van der Waals surface area contributed by atoms with Crippen LogP contribution in [0.25, 0.3) is 0 Å². The van der Waals surface area contributed by atoms with Crippen LogP contribution in [0.15, 0.2) is 18.2 Å². The minimum atomic E-state index is -3.34. The van der Waals surface area contributed by atoms with Crippen molar-refractivity contribution in [3.05, 3.63) is 29.3 Å². The van der Waals surface area contributed by atoms with Gasteiger partial charge >= 0.3 is 12.1 Å². The number of rotatable bonds is 13. The Kier molecular flexibility index (Phi) is 12.3. The average molecular weight is 572 g/mol. The lowest BCUT2D eigenvalue weighted by molar-refractivity contribution is -0.142. The highest BCUT2D eigenvalue weighted by Crippen LogP contribution is 2.34. The molecule has 4 atom stereocenters. The molecule has 0 aliphatic rings. The molecule has 9 nitrogen and oxygen atoms in total. The fraction of sp³-hybridized carbons (Fsp3) is 0.724. The predicted molar refractivity (Wildman–Crippen MR) is 153 cm³/mol. The number of ether oxygens (including phenoxy) is 2. The van der Waals surface area contributed by atoms with E-state index in [2.05, 4.69) is 5.32 Å². The maximum Gasteiger partial charge on any atom is 0.407 e. The van der Waals surface area contributed by atoms with Crippen LogP contribution in [0.4, 0.5) is 4.79 Å². The highest BCUT2D eigenvalue weighted by molar-refractivity contribution is 7.90. The van der Waals surface area contributed by atoms with Gasteiger partial charge in [0.15, 0.2) is 15.8 Å². The number of hydrogen-bond donors (Lipinski definition) is 3. The van der Waals surface area contributed by atoms with Crippen molar-refractivity contribution in [1.29, 1.82) is 0 Å². The van der Waals surface area contributed by atoms with Crippen LogP contribution in [0.5, 0.6) is 5.75 Å². The Balaban J connectivity index is 3.29. The van der Waals surface area contributed by atoms with Gasteiger partial charge in [0.05, 0.1) is 18.1 Å². The molecule has 0 radical (unpaired) electrons. The summed E-state index contributed by atoms with van der Waals surface area (Å²) in [5, 5.41) is 23.1. The van der Waals surface area contributed by atoms with Gasteiger partial charge in [0.2, 0.25) is 0 Å². The first-order valence-corrected chi connectivity index (χ1v) is 15.5. The molecule has 0 saturated heterocycles. The summed E-state index contributed by atoms with van der Waals surface area (Å²) in [7, 11) is -3.34. The van der Waals surface area contributed by atoms with Crippen LogP contribution in [-0.2, 0) is 31.2 Å². The molecule has 1 aromatic rings. The van der Waals surface area contributed by atoms with E-state index in [1.165, 1.54) is 6.92 Å². The van der Waals surface area contributed by atoms with E-state index in [1.807, 2.05) is 52.8 Å². The number of carboxylic acids is 1. The van der Waals surface area contributed by atoms with Gasteiger partial charge in [0.1, 0.15) is 11.4 Å². The van der Waals surface area contributed by atoms with Gasteiger partial charge in [-0.2, -0.15) is 0 Å². The summed E-state index contributed by atoms with van der Waals surface area (Å²) in [5.74, 6) is -1.59. The van der Waals surface area contributed by atoms with Crippen molar-refractivity contribution in [3.63, 3.8) is 0 Å². The minimum Gasteiger partial charge on any atom is -0.481 e. The highest BCUT2D eigenvalue weighted by Gasteiger charge is 2.31. The zero-order valence-electron chi connectivity index (χ0n) is 25.2. The number of carbonyl (C=O) groups excluding carboxylic acids is 1. The molecule has 0 aliphatic heterocycles. The third kappa shape index (κ3) is 13.0. The molecule has 0 saturated carbocycles. The number of alkyl carbamates (subject to hydrolysis) is 1. The number of carbonyl (C=O) groups is 2. The van der Waals surface area contributed by atoms with Crippen LogP contribution in [0.3, 0.4) is 0 Å². The molecule has 1 unspecified atom stereocenters. The normalized spacial score (nSPS) is 15.8. The third-order valence-corrected chi connectivity index (χ3v) is 7.01. The molecule has 0 spiro atoms. The number of aliphatic hydroxyl groups is 1. The van der Waals surface area contributed by atoms with Crippen LogP contribution in [0.2, 0.25) is 0 Å². The van der Waals surface area contributed by atoms with E-state index >= 15 is 0 Å². The monoisotopic (exact) mass is 571 g/mol. The average Bonchev–Trinajstić information content (AvgIpc) is 2.73. The number of aliphatic hydroxyl groups excluding tert-OH is 1. The minimum absolute atomic E-state index is 0.0111. The van der Waals surface area contributed by atoms with Gasteiger partial charge in [0, 0.05) is 6.26 Å². The fourth-order valence-corrected chi connectivity index (χ4v) is 4.56. The van der Waals surface area contributed by atoms with Crippen molar-refractivity contribution in [2.24, 2.45) is 17.8 Å². The highest BCUT2D eigenvalue weighted by atomic mass is 32.2. The Hall–Kier alpha value is -2.33. The summed E-state index contributed by atoms with van der Waals surface area (Å²) < 4.78 is 34.7. The van der Waals surface area contributed by atoms with Gasteiger partial charge in [-0.3, -0.25) is 4.79 Å². The maximum absolute atomic E-state index is 12.6. The molecule has 0 fully saturated rings. The predicted octanol–water partition coefficient (Wildman–Crippen LogP) is 4.93. The van der Waals surface area contributed by atoms with Gasteiger partial charge in [-0.05, 0) is 74.5 Å². The molecule has 1 amide bonds. The number of carboxylic acid groups (broad SMARTS) is 1. The summed E-state index contributed by atoms with van der Waals surface area (Å²) in [6.45, 7) is 16.9. The Bertz CT molecular complexity index is 1070. The van der Waals surface area contributed by atoms with Crippen LogP contribution >= 0.6 is 0 Å². The summed E-state index contributed by atoms with van der Waals surface area (Å²) in [4.78, 5) is 24.0. The van der Waals surface area contributed by atoms with Gasteiger partial charge in [-0.25, -0.2) is 13.2 Å². The van der Waals surface area contributed by atoms with Crippen molar-refractivity contribution in [2.75, 3.05) is 12.2 Å². The van der Waals surface area contributed by atoms with E-state index in [-0.39, 0.29) is 23.7 Å². The van der Waals surface area contributed by atoms with Crippen molar-refractivity contribution >= 4 is 21.9 Å². The first-order chi connectivity index (χ1) is 17.6. The van der Waals surface area contributed by atoms with Crippen LogP contribution in [0, 0.1) is 17.8 Å². The fourth-order valence-electron chi connectivity index (χ4n) is 4.22. The Labute approximate surface area is 234 Å². The summed E-state index contributed by atoms with van der Waals surface area (Å²) >= 11 is 0. The quantitative estimate of drug-likeness (QED) is 0.303. The van der Waals surface area contributed by atoms with E-state index in [9.17, 15) is 28.2 Å². The molecule has 3 N–H and O–H groups in total. The Morgan fingerprint density at radius 2 is 1.62 bits per heavy atom. The molecule has 1 aromatic carbocycles. The van der Waals surface area contributed by atoms with E-state index in [4.69, 9.17) is 9.47 Å². The number of hydrogen-bond acceptors (Lipinski definition) is 7. The first-order valence-electron chi connectivity index (χ1n) is 13.4. The van der Waals surface area contributed by atoms with Crippen molar-refractivity contribution in [1.82, 2.24) is 5.32 Å². The summed E-state index contributed by atoms with van der Waals surface area (Å²) in [6, 6.07) is 5.07. The molecule has 224 valence electrons. The lowest BCUT2D eigenvalue weighted by Gasteiger charge is -2.32. The van der Waals surface area contributed by atoms with Gasteiger partial charge < -0.3 is 25.0 Å². The molecule has 0 bridgehead atoms. The second kappa shape index (κ2) is 13.8. The Morgan fingerprint density at radius 3 is 2.08 bits per heavy atom. The molecular weight excluding hydrogens is 522 g/mol. The smallest absolute Gasteiger partial charge is 0.407 e. The summed E-state index contributed by atoms with van der Waals surface area (Å²) in [6.07, 6.45) is 0.279. The van der Waals surface area contributed by atoms with Gasteiger partial charge in [-0.15, -0.1) is 0 Å². The van der Waals surface area contributed by atoms with Crippen molar-refractivity contribution < 1.29 is 37.7 Å². The molecular formula is C29H49NO8S. The summed E-state index contributed by atoms with van der Waals surface area (Å²) in [5.41, 5.74) is 0.812. The second-order valence-electron chi connectivity index (χ2n) is 13.0. The number of sulfone groups is 1. The van der Waals surface area contributed by atoms with Crippen molar-refractivity contribution in [3.8, 4) is 5.75 Å². The zero-order valence-corrected chi connectivity index (χ0v) is 26.0. The van der Waals surface area contributed by atoms with Crippen LogP contribution in [-0.4, -0.2) is 60.6 Å². The van der Waals surface area contributed by atoms with E-state index < -0.39 is 51.5 Å². The van der Waals surface area contributed by atoms with E-state index in [1.54, 1.807) is 20.8 Å². The maximum atomic E-state index is 12.6. The molecule has 0 aromatic heterocycles. The largest absolute Gasteiger partial charge is 0.481 e. The zero-order chi connectivity index (χ0) is 30.3. The molecule has 0 heterocycles. The number of nitrogens with one attached hydrogen (secondary N) is 1. The molecule has 39 heavy (non-hydrogen) atoms. The van der Waals surface area contributed by atoms with E-state index in [0.717, 1.165) is 17.4 Å². The lowest BCUT2D eigenvalue weighted by Crippen LogP contribution is -2.47.